The van der Waals surface area contributed by atoms with E-state index in [1.165, 1.54) is 25.4 Å². The number of carbonyl (C=O) groups excluding carboxylic acids is 4. The molecule has 2 aromatic rings. The molecule has 1 aliphatic heterocycles. The summed E-state index contributed by atoms with van der Waals surface area (Å²) in [6.45, 7) is 3.08. The van der Waals surface area contributed by atoms with Crippen molar-refractivity contribution >= 4 is 33.7 Å². The molecule has 204 valence electrons. The Morgan fingerprint density at radius 2 is 1.76 bits per heavy atom. The Kier molecular flexibility index (Phi) is 9.40. The molecule has 0 spiro atoms. The van der Waals surface area contributed by atoms with Gasteiger partial charge in [-0.3, -0.25) is 14.4 Å². The van der Waals surface area contributed by atoms with Crippen LogP contribution in [0.25, 0.3) is 0 Å². The highest BCUT2D eigenvalue weighted by Gasteiger charge is 2.27. The summed E-state index contributed by atoms with van der Waals surface area (Å²) in [6, 6.07) is 4.26. The maximum Gasteiger partial charge on any atom is 0.328 e. The first-order valence-electron chi connectivity index (χ1n) is 12.0. The number of hydrogen-bond acceptors (Lipinski definition) is 8. The van der Waals surface area contributed by atoms with Crippen molar-refractivity contribution in [3.8, 4) is 0 Å². The smallest absolute Gasteiger partial charge is 0.328 e. The van der Waals surface area contributed by atoms with E-state index in [2.05, 4.69) is 20.9 Å². The number of methoxy groups -OCH3 is 1. The first-order chi connectivity index (χ1) is 18.0. The van der Waals surface area contributed by atoms with Crippen LogP contribution < -0.4 is 16.0 Å². The molecule has 0 fully saturated rings. The van der Waals surface area contributed by atoms with Gasteiger partial charge in [-0.2, -0.15) is 0 Å². The van der Waals surface area contributed by atoms with Crippen LogP contribution in [0.15, 0.2) is 53.8 Å². The average Bonchev–Trinajstić information content (AvgIpc) is 3.37. The third-order valence-corrected chi connectivity index (χ3v) is 7.60. The average molecular weight is 546 g/mol. The molecule has 1 aliphatic rings. The third-order valence-electron chi connectivity index (χ3n) is 5.98. The molecule has 2 heterocycles. The van der Waals surface area contributed by atoms with Gasteiger partial charge < -0.3 is 20.7 Å². The van der Waals surface area contributed by atoms with Gasteiger partial charge in [0, 0.05) is 18.5 Å². The van der Waals surface area contributed by atoms with Gasteiger partial charge in [-0.05, 0) is 31.9 Å². The lowest BCUT2D eigenvalue weighted by Gasteiger charge is -2.21. The van der Waals surface area contributed by atoms with E-state index in [1.807, 2.05) is 6.92 Å². The summed E-state index contributed by atoms with van der Waals surface area (Å²) in [7, 11) is -2.70. The topological polar surface area (TPSA) is 166 Å². The molecule has 12 nitrogen and oxygen atoms in total. The minimum atomic E-state index is -3.90. The number of allylic oxidation sites excluding steroid dienone is 1. The lowest BCUT2D eigenvalue weighted by molar-refractivity contribution is -0.145. The number of benzene rings is 1. The standard InChI is InChI=1S/C25H31N5O7S/c1-16-8-10-19(11-9-16)38(35,36)30-14-18(27-15-30)12-21-24(33)26-13-22(31)28-20(25(34)37-3)7-5-4-6-17(2)23(32)29-21/h4-5,8-11,14-15,17,20-21H,6-7,12-13H2,1-3H3,(H,26,33)(H,28,31)(H,29,32)/t17-,20-,21-/m0/s1. The van der Waals surface area contributed by atoms with Crippen molar-refractivity contribution in [2.24, 2.45) is 5.92 Å². The molecule has 3 N–H and O–H groups in total. The second-order valence-electron chi connectivity index (χ2n) is 8.98. The molecular formula is C25H31N5O7S. The number of carbonyl (C=O) groups is 4. The predicted molar refractivity (Wildman–Crippen MR) is 136 cm³/mol. The van der Waals surface area contributed by atoms with E-state index in [-0.39, 0.29) is 23.4 Å². The fraction of sp³-hybridized carbons (Fsp3) is 0.400. The molecule has 13 heteroatoms. The molecule has 0 saturated carbocycles. The van der Waals surface area contributed by atoms with E-state index in [4.69, 9.17) is 4.74 Å². The Bertz CT molecular complexity index is 1320. The van der Waals surface area contributed by atoms with Crippen molar-refractivity contribution in [1.29, 1.82) is 0 Å². The van der Waals surface area contributed by atoms with Crippen molar-refractivity contribution < 1.29 is 32.3 Å². The fourth-order valence-electron chi connectivity index (χ4n) is 3.68. The molecular weight excluding hydrogens is 514 g/mol. The number of nitrogens with one attached hydrogen (secondary N) is 3. The maximum atomic E-state index is 13.0. The number of aryl methyl sites for hydroxylation is 1. The van der Waals surface area contributed by atoms with Gasteiger partial charge in [0.2, 0.25) is 17.7 Å². The van der Waals surface area contributed by atoms with E-state index >= 15 is 0 Å². The molecule has 0 unspecified atom stereocenters. The summed E-state index contributed by atoms with van der Waals surface area (Å²) in [5.41, 5.74) is 1.15. The maximum absolute atomic E-state index is 13.0. The van der Waals surface area contributed by atoms with E-state index in [0.717, 1.165) is 15.9 Å². The molecule has 1 aromatic heterocycles. The zero-order valence-electron chi connectivity index (χ0n) is 21.3. The molecule has 0 aliphatic carbocycles. The van der Waals surface area contributed by atoms with Gasteiger partial charge in [0.1, 0.15) is 18.4 Å². The number of ether oxygens (including phenoxy) is 1. The molecule has 3 atom stereocenters. The highest BCUT2D eigenvalue weighted by molar-refractivity contribution is 7.90. The van der Waals surface area contributed by atoms with Crippen LogP contribution in [0.5, 0.6) is 0 Å². The van der Waals surface area contributed by atoms with Crippen LogP contribution in [0.3, 0.4) is 0 Å². The second-order valence-corrected chi connectivity index (χ2v) is 10.8. The largest absolute Gasteiger partial charge is 0.467 e. The quantitative estimate of drug-likeness (QED) is 0.354. The normalized spacial score (nSPS) is 21.6. The highest BCUT2D eigenvalue weighted by atomic mass is 32.2. The number of amides is 3. The first-order valence-corrected chi connectivity index (χ1v) is 13.4. The van der Waals surface area contributed by atoms with Crippen LogP contribution in [-0.4, -0.2) is 66.8 Å². The summed E-state index contributed by atoms with van der Waals surface area (Å²) in [5, 5.41) is 7.63. The van der Waals surface area contributed by atoms with Crippen LogP contribution in [0.4, 0.5) is 0 Å². The lowest BCUT2D eigenvalue weighted by atomic mass is 10.0. The molecule has 1 aromatic carbocycles. The highest BCUT2D eigenvalue weighted by Crippen LogP contribution is 2.16. The van der Waals surface area contributed by atoms with Crippen molar-refractivity contribution in [2.75, 3.05) is 13.7 Å². The summed E-state index contributed by atoms with van der Waals surface area (Å²) >= 11 is 0. The molecule has 38 heavy (non-hydrogen) atoms. The van der Waals surface area contributed by atoms with E-state index < -0.39 is 58.3 Å². The fourth-order valence-corrected chi connectivity index (χ4v) is 4.83. The number of imidazole rings is 1. The zero-order chi connectivity index (χ0) is 27.9. The lowest BCUT2D eigenvalue weighted by Crippen LogP contribution is -2.52. The van der Waals surface area contributed by atoms with Crippen molar-refractivity contribution in [2.45, 2.75) is 50.1 Å². The van der Waals surface area contributed by atoms with Gasteiger partial charge >= 0.3 is 5.97 Å². The third kappa shape index (κ3) is 7.28. The molecule has 0 bridgehead atoms. The van der Waals surface area contributed by atoms with Gasteiger partial charge in [-0.25, -0.2) is 22.2 Å². The minimum Gasteiger partial charge on any atom is -0.467 e. The van der Waals surface area contributed by atoms with Gasteiger partial charge in [0.05, 0.1) is 24.2 Å². The number of hydrogen-bond donors (Lipinski definition) is 3. The number of rotatable bonds is 5. The van der Waals surface area contributed by atoms with Crippen LogP contribution in [-0.2, 0) is 40.4 Å². The van der Waals surface area contributed by atoms with Gasteiger partial charge in [-0.15, -0.1) is 0 Å². The van der Waals surface area contributed by atoms with E-state index in [0.29, 0.717) is 6.42 Å². The van der Waals surface area contributed by atoms with Crippen LogP contribution in [0, 0.1) is 12.8 Å². The SMILES string of the molecule is COC(=O)[C@@H]1CC=CC[C@H](C)C(=O)N[C@@H](Cc2cn(S(=O)(=O)c3ccc(C)cc3)cn2)C(=O)NCC(=O)N1. The van der Waals surface area contributed by atoms with Crippen LogP contribution >= 0.6 is 0 Å². The number of aromatic nitrogens is 2. The van der Waals surface area contributed by atoms with Crippen molar-refractivity contribution in [1.82, 2.24) is 24.9 Å². The van der Waals surface area contributed by atoms with Gasteiger partial charge in [-0.1, -0.05) is 36.8 Å². The Hall–Kier alpha value is -4.00. The van der Waals surface area contributed by atoms with Crippen molar-refractivity contribution in [3.63, 3.8) is 0 Å². The monoisotopic (exact) mass is 545 g/mol. The molecule has 0 saturated heterocycles. The number of nitrogens with zero attached hydrogens (tertiary/aromatic N) is 2. The molecule has 3 rings (SSSR count). The zero-order valence-corrected chi connectivity index (χ0v) is 22.2. The Morgan fingerprint density at radius 3 is 2.45 bits per heavy atom. The Balaban J connectivity index is 1.80. The molecule has 3 amide bonds. The summed E-state index contributed by atoms with van der Waals surface area (Å²) in [4.78, 5) is 54.3. The van der Waals surface area contributed by atoms with Gasteiger partial charge in [0.25, 0.3) is 10.0 Å². The van der Waals surface area contributed by atoms with E-state index in [9.17, 15) is 27.6 Å². The number of esters is 1. The van der Waals surface area contributed by atoms with Crippen LogP contribution in [0.1, 0.15) is 31.0 Å². The predicted octanol–water partition coefficient (Wildman–Crippen LogP) is 0.216. The first kappa shape index (κ1) is 28.6. The van der Waals surface area contributed by atoms with Crippen LogP contribution in [0.2, 0.25) is 0 Å². The summed E-state index contributed by atoms with van der Waals surface area (Å²) in [5.74, 6) is -2.84. The molecule has 0 radical (unpaired) electrons. The minimum absolute atomic E-state index is 0.0780. The Labute approximate surface area is 220 Å². The summed E-state index contributed by atoms with van der Waals surface area (Å²) in [6.07, 6.45) is 6.16. The van der Waals surface area contributed by atoms with E-state index in [1.54, 1.807) is 31.2 Å². The second kappa shape index (κ2) is 12.5. The summed E-state index contributed by atoms with van der Waals surface area (Å²) < 4.78 is 31.6. The van der Waals surface area contributed by atoms with Gasteiger partial charge in [0.15, 0.2) is 0 Å². The Morgan fingerprint density at radius 1 is 1.08 bits per heavy atom. The van der Waals surface area contributed by atoms with Crippen molar-refractivity contribution in [3.05, 3.63) is 60.2 Å².